The Morgan fingerprint density at radius 3 is 2.89 bits per heavy atom. The van der Waals surface area contributed by atoms with Gasteiger partial charge in [-0.05, 0) is 38.4 Å². The molecule has 0 radical (unpaired) electrons. The van der Waals surface area contributed by atoms with Crippen molar-refractivity contribution in [1.82, 2.24) is 5.32 Å². The molecule has 0 aliphatic carbocycles. The van der Waals surface area contributed by atoms with Crippen molar-refractivity contribution in [2.24, 2.45) is 0 Å². The van der Waals surface area contributed by atoms with Gasteiger partial charge in [-0.1, -0.05) is 0 Å². The molecular weight excluding hydrogens is 230 g/mol. The number of hydrogen-bond donors (Lipinski definition) is 1. The molecule has 0 saturated carbocycles. The topological polar surface area (TPSA) is 39.7 Å². The van der Waals surface area contributed by atoms with Crippen molar-refractivity contribution in [3.05, 3.63) is 18.2 Å². The summed E-state index contributed by atoms with van der Waals surface area (Å²) in [5.41, 5.74) is 0. The lowest BCUT2D eigenvalue weighted by Crippen LogP contribution is -2.40. The lowest BCUT2D eigenvalue weighted by atomic mass is 10.0. The predicted octanol–water partition coefficient (Wildman–Crippen LogP) is 1.98. The van der Waals surface area contributed by atoms with Gasteiger partial charge in [0.15, 0.2) is 11.5 Å². The van der Waals surface area contributed by atoms with Crippen LogP contribution in [-0.2, 0) is 0 Å². The van der Waals surface area contributed by atoms with Gasteiger partial charge in [0.25, 0.3) is 0 Å². The summed E-state index contributed by atoms with van der Waals surface area (Å²) in [4.78, 5) is 0. The molecule has 98 valence electrons. The second kappa shape index (κ2) is 5.06. The molecule has 0 bridgehead atoms. The molecule has 2 aliphatic rings. The second-order valence-electron chi connectivity index (χ2n) is 4.92. The summed E-state index contributed by atoms with van der Waals surface area (Å²) >= 11 is 0. The van der Waals surface area contributed by atoms with Crippen LogP contribution in [0, 0.1) is 0 Å². The van der Waals surface area contributed by atoms with Gasteiger partial charge in [0.2, 0.25) is 0 Å². The number of piperidine rings is 1. The Kier molecular flexibility index (Phi) is 3.28. The molecule has 4 heteroatoms. The van der Waals surface area contributed by atoms with Crippen molar-refractivity contribution in [3.8, 4) is 17.2 Å². The molecule has 18 heavy (non-hydrogen) atoms. The highest BCUT2D eigenvalue weighted by Crippen LogP contribution is 2.34. The van der Waals surface area contributed by atoms with Crippen LogP contribution in [0.3, 0.4) is 0 Å². The quantitative estimate of drug-likeness (QED) is 0.870. The summed E-state index contributed by atoms with van der Waals surface area (Å²) in [6.45, 7) is 4.45. The fraction of sp³-hybridized carbons (Fsp3) is 0.571. The van der Waals surface area contributed by atoms with Crippen LogP contribution in [-0.4, -0.2) is 31.9 Å². The van der Waals surface area contributed by atoms with Crippen LogP contribution in [0.1, 0.15) is 19.8 Å². The Morgan fingerprint density at radius 2 is 2.06 bits per heavy atom. The van der Waals surface area contributed by atoms with Crippen LogP contribution >= 0.6 is 0 Å². The number of ether oxygens (including phenoxy) is 3. The molecule has 1 saturated heterocycles. The fourth-order valence-electron chi connectivity index (χ4n) is 2.48. The van der Waals surface area contributed by atoms with Crippen LogP contribution in [0.15, 0.2) is 18.2 Å². The third-order valence-corrected chi connectivity index (χ3v) is 3.39. The van der Waals surface area contributed by atoms with Gasteiger partial charge in [-0.2, -0.15) is 0 Å². The van der Waals surface area contributed by atoms with E-state index in [4.69, 9.17) is 14.2 Å². The lowest BCUT2D eigenvalue weighted by molar-refractivity contribution is 0.140. The first-order valence-electron chi connectivity index (χ1n) is 6.61. The van der Waals surface area contributed by atoms with Gasteiger partial charge in [0.1, 0.15) is 25.1 Å². The van der Waals surface area contributed by atoms with Gasteiger partial charge >= 0.3 is 0 Å². The smallest absolute Gasteiger partial charge is 0.165 e. The zero-order chi connectivity index (χ0) is 12.4. The molecule has 2 atom stereocenters. The van der Waals surface area contributed by atoms with E-state index < -0.39 is 0 Å². The molecule has 0 spiro atoms. The molecule has 1 aromatic carbocycles. The van der Waals surface area contributed by atoms with Crippen molar-refractivity contribution >= 4 is 0 Å². The second-order valence-corrected chi connectivity index (χ2v) is 4.92. The first-order valence-corrected chi connectivity index (χ1v) is 6.61. The minimum atomic E-state index is 0.295. The summed E-state index contributed by atoms with van der Waals surface area (Å²) in [5, 5.41) is 3.42. The van der Waals surface area contributed by atoms with Gasteiger partial charge in [-0.3, -0.25) is 0 Å². The van der Waals surface area contributed by atoms with Gasteiger partial charge in [-0.15, -0.1) is 0 Å². The van der Waals surface area contributed by atoms with Crippen molar-refractivity contribution < 1.29 is 14.2 Å². The maximum atomic E-state index is 6.02. The maximum absolute atomic E-state index is 6.02. The Hall–Kier alpha value is -1.42. The van der Waals surface area contributed by atoms with Gasteiger partial charge in [-0.25, -0.2) is 0 Å². The van der Waals surface area contributed by atoms with Crippen molar-refractivity contribution in [1.29, 1.82) is 0 Å². The summed E-state index contributed by atoms with van der Waals surface area (Å²) in [5.74, 6) is 2.48. The van der Waals surface area contributed by atoms with Crippen LogP contribution < -0.4 is 19.5 Å². The molecular formula is C14H19NO3. The molecule has 3 rings (SSSR count). The van der Waals surface area contributed by atoms with Crippen LogP contribution in [0.25, 0.3) is 0 Å². The molecule has 2 aliphatic heterocycles. The van der Waals surface area contributed by atoms with Gasteiger partial charge in [0, 0.05) is 12.1 Å². The SMILES string of the molecule is C[C@@H]1C[C@@H](Oc2ccc3c(c2)OCCO3)CCN1. The number of nitrogens with one attached hydrogen (secondary N) is 1. The van der Waals surface area contributed by atoms with E-state index in [1.165, 1.54) is 0 Å². The molecule has 0 unspecified atom stereocenters. The van der Waals surface area contributed by atoms with Gasteiger partial charge < -0.3 is 19.5 Å². The van der Waals surface area contributed by atoms with Crippen molar-refractivity contribution in [2.75, 3.05) is 19.8 Å². The highest BCUT2D eigenvalue weighted by Gasteiger charge is 2.20. The van der Waals surface area contributed by atoms with E-state index in [0.717, 1.165) is 36.6 Å². The third-order valence-electron chi connectivity index (χ3n) is 3.39. The van der Waals surface area contributed by atoms with Crippen LogP contribution in [0.5, 0.6) is 17.2 Å². The summed E-state index contributed by atoms with van der Waals surface area (Å²) in [6, 6.07) is 6.34. The van der Waals surface area contributed by atoms with E-state index in [1.54, 1.807) is 0 Å². The largest absolute Gasteiger partial charge is 0.490 e. The highest BCUT2D eigenvalue weighted by molar-refractivity contribution is 5.46. The van der Waals surface area contributed by atoms with E-state index in [2.05, 4.69) is 12.2 Å². The average molecular weight is 249 g/mol. The zero-order valence-electron chi connectivity index (χ0n) is 10.6. The number of benzene rings is 1. The standard InChI is InChI=1S/C14H19NO3/c1-10-8-12(4-5-15-10)18-11-2-3-13-14(9-11)17-7-6-16-13/h2-3,9-10,12,15H,4-8H2,1H3/t10-,12+/m1/s1. The third kappa shape index (κ3) is 2.53. The minimum Gasteiger partial charge on any atom is -0.490 e. The summed E-state index contributed by atoms with van der Waals surface area (Å²) in [7, 11) is 0. The Labute approximate surface area is 107 Å². The Balaban J connectivity index is 1.69. The predicted molar refractivity (Wildman–Crippen MR) is 68.5 cm³/mol. The number of hydrogen-bond acceptors (Lipinski definition) is 4. The molecule has 0 aromatic heterocycles. The fourth-order valence-corrected chi connectivity index (χ4v) is 2.48. The molecule has 0 amide bonds. The van der Waals surface area contributed by atoms with E-state index in [9.17, 15) is 0 Å². The first kappa shape index (κ1) is 11.7. The van der Waals surface area contributed by atoms with Gasteiger partial charge in [0.05, 0.1) is 0 Å². The number of rotatable bonds is 2. The van der Waals surface area contributed by atoms with E-state index in [1.807, 2.05) is 18.2 Å². The van der Waals surface area contributed by atoms with Crippen molar-refractivity contribution in [3.63, 3.8) is 0 Å². The van der Waals surface area contributed by atoms with Crippen molar-refractivity contribution in [2.45, 2.75) is 31.9 Å². The normalized spacial score (nSPS) is 26.7. The highest BCUT2D eigenvalue weighted by atomic mass is 16.6. The lowest BCUT2D eigenvalue weighted by Gasteiger charge is -2.29. The first-order chi connectivity index (χ1) is 8.81. The molecule has 1 aromatic rings. The van der Waals surface area contributed by atoms with E-state index in [-0.39, 0.29) is 0 Å². The monoisotopic (exact) mass is 249 g/mol. The summed E-state index contributed by atoms with van der Waals surface area (Å²) in [6.07, 6.45) is 2.40. The minimum absolute atomic E-state index is 0.295. The molecule has 4 nitrogen and oxygen atoms in total. The van der Waals surface area contributed by atoms with Crippen LogP contribution in [0.2, 0.25) is 0 Å². The number of fused-ring (bicyclic) bond motifs is 1. The van der Waals surface area contributed by atoms with E-state index >= 15 is 0 Å². The molecule has 1 fully saturated rings. The van der Waals surface area contributed by atoms with Crippen LogP contribution in [0.4, 0.5) is 0 Å². The summed E-state index contributed by atoms with van der Waals surface area (Å²) < 4.78 is 17.1. The Morgan fingerprint density at radius 1 is 1.22 bits per heavy atom. The zero-order valence-corrected chi connectivity index (χ0v) is 10.6. The maximum Gasteiger partial charge on any atom is 0.165 e. The Bertz CT molecular complexity index is 422. The molecule has 1 N–H and O–H groups in total. The molecule has 2 heterocycles. The average Bonchev–Trinajstić information content (AvgIpc) is 2.39. The van der Waals surface area contributed by atoms with E-state index in [0.29, 0.717) is 25.4 Å².